The van der Waals surface area contributed by atoms with Gasteiger partial charge in [-0.15, -0.1) is 0 Å². The van der Waals surface area contributed by atoms with E-state index in [4.69, 9.17) is 0 Å². The number of amides is 1. The number of rotatable bonds is 10. The van der Waals surface area contributed by atoms with Gasteiger partial charge in [-0.25, -0.2) is 0 Å². The maximum absolute atomic E-state index is 13.1. The molecule has 0 bridgehead atoms. The first kappa shape index (κ1) is 26.6. The molecule has 0 aliphatic carbocycles. The fourth-order valence-electron chi connectivity index (χ4n) is 6.31. The minimum Gasteiger partial charge on any atom is -0.354 e. The number of nitrogens with zero attached hydrogens (tertiary/aromatic N) is 2. The smallest absolute Gasteiger partial charge is 0.234 e. The molecule has 0 saturated carbocycles. The van der Waals surface area contributed by atoms with Gasteiger partial charge >= 0.3 is 0 Å². The number of likely N-dealkylation sites (tertiary alicyclic amines) is 2. The average Bonchev–Trinajstić information content (AvgIpc) is 2.96. The van der Waals surface area contributed by atoms with Gasteiger partial charge in [0.1, 0.15) is 0 Å². The van der Waals surface area contributed by atoms with Crippen molar-refractivity contribution in [3.63, 3.8) is 0 Å². The van der Waals surface area contributed by atoms with Crippen LogP contribution in [0.3, 0.4) is 0 Å². The van der Waals surface area contributed by atoms with Crippen LogP contribution < -0.4 is 5.32 Å². The number of hydrogen-bond donors (Lipinski definition) is 1. The van der Waals surface area contributed by atoms with Crippen LogP contribution in [0.25, 0.3) is 0 Å². The molecule has 0 aromatic heterocycles. The summed E-state index contributed by atoms with van der Waals surface area (Å²) in [5, 5.41) is 3.38. The summed E-state index contributed by atoms with van der Waals surface area (Å²) < 4.78 is 0. The summed E-state index contributed by atoms with van der Waals surface area (Å²) in [7, 11) is 0. The Morgan fingerprint density at radius 3 is 1.87 bits per heavy atom. The van der Waals surface area contributed by atoms with Crippen molar-refractivity contribution >= 4 is 5.91 Å². The van der Waals surface area contributed by atoms with E-state index >= 15 is 0 Å². The van der Waals surface area contributed by atoms with Gasteiger partial charge in [0, 0.05) is 13.1 Å². The molecule has 1 N–H and O–H groups in total. The molecule has 4 heteroatoms. The van der Waals surface area contributed by atoms with E-state index in [-0.39, 0.29) is 11.3 Å². The summed E-state index contributed by atoms with van der Waals surface area (Å²) in [6, 6.07) is 32.4. The highest BCUT2D eigenvalue weighted by molar-refractivity contribution is 5.78. The third kappa shape index (κ3) is 7.78. The molecule has 2 saturated heterocycles. The summed E-state index contributed by atoms with van der Waals surface area (Å²) in [5.41, 5.74) is 4.30. The Hall–Kier alpha value is -2.95. The predicted molar refractivity (Wildman–Crippen MR) is 156 cm³/mol. The molecule has 38 heavy (non-hydrogen) atoms. The third-order valence-electron chi connectivity index (χ3n) is 8.69. The Kier molecular flexibility index (Phi) is 9.27. The monoisotopic (exact) mass is 509 g/mol. The summed E-state index contributed by atoms with van der Waals surface area (Å²) >= 11 is 0. The van der Waals surface area contributed by atoms with Crippen LogP contribution in [0.5, 0.6) is 0 Å². The number of benzene rings is 3. The topological polar surface area (TPSA) is 35.6 Å². The molecule has 0 atom stereocenters. The molecule has 0 unspecified atom stereocenters. The first-order valence-electron chi connectivity index (χ1n) is 14.5. The second-order valence-corrected chi connectivity index (χ2v) is 11.6. The first-order chi connectivity index (χ1) is 18.7. The van der Waals surface area contributed by atoms with E-state index in [1.165, 1.54) is 29.5 Å². The largest absolute Gasteiger partial charge is 0.354 e. The molecule has 1 amide bonds. The highest BCUT2D eigenvalue weighted by atomic mass is 16.2. The number of carbonyl (C=O) groups excluding carboxylic acids is 1. The average molecular weight is 510 g/mol. The molecule has 0 radical (unpaired) electrons. The summed E-state index contributed by atoms with van der Waals surface area (Å²) in [6.45, 7) is 6.50. The van der Waals surface area contributed by atoms with Crippen molar-refractivity contribution in [1.29, 1.82) is 0 Å². The van der Waals surface area contributed by atoms with Crippen molar-refractivity contribution in [1.82, 2.24) is 15.1 Å². The van der Waals surface area contributed by atoms with Crippen molar-refractivity contribution in [2.75, 3.05) is 39.3 Å². The maximum Gasteiger partial charge on any atom is 0.234 e. The number of carbonyl (C=O) groups is 1. The fraction of sp³-hybridized carbons (Fsp3) is 0.441. The zero-order valence-electron chi connectivity index (χ0n) is 22.7. The van der Waals surface area contributed by atoms with Gasteiger partial charge < -0.3 is 5.32 Å². The van der Waals surface area contributed by atoms with E-state index in [0.29, 0.717) is 6.54 Å². The molecular weight excluding hydrogens is 466 g/mol. The molecular formula is C34H43N3O. The van der Waals surface area contributed by atoms with Gasteiger partial charge in [-0.3, -0.25) is 14.6 Å². The number of hydrogen-bond acceptors (Lipinski definition) is 3. The zero-order chi connectivity index (χ0) is 26.0. The number of nitrogens with one attached hydrogen (secondary N) is 1. The van der Waals surface area contributed by atoms with E-state index in [9.17, 15) is 4.79 Å². The zero-order valence-corrected chi connectivity index (χ0v) is 22.7. The Balaban J connectivity index is 1.11. The lowest BCUT2D eigenvalue weighted by Gasteiger charge is -2.42. The van der Waals surface area contributed by atoms with Crippen molar-refractivity contribution in [2.45, 2.75) is 45.1 Å². The second kappa shape index (κ2) is 13.2. The van der Waals surface area contributed by atoms with E-state index in [1.54, 1.807) is 0 Å². The summed E-state index contributed by atoms with van der Waals surface area (Å²) in [4.78, 5) is 18.0. The van der Waals surface area contributed by atoms with Gasteiger partial charge in [0.25, 0.3) is 0 Å². The van der Waals surface area contributed by atoms with Gasteiger partial charge in [-0.05, 0) is 92.7 Å². The molecule has 200 valence electrons. The van der Waals surface area contributed by atoms with Gasteiger partial charge in [-0.2, -0.15) is 0 Å². The molecule has 3 aromatic carbocycles. The maximum atomic E-state index is 13.1. The van der Waals surface area contributed by atoms with Gasteiger partial charge in [-0.1, -0.05) is 91.0 Å². The molecule has 0 spiro atoms. The Morgan fingerprint density at radius 1 is 0.711 bits per heavy atom. The highest BCUT2D eigenvalue weighted by Crippen LogP contribution is 2.35. The quantitative estimate of drug-likeness (QED) is 0.387. The predicted octanol–water partition coefficient (Wildman–Crippen LogP) is 5.58. The summed E-state index contributed by atoms with van der Waals surface area (Å²) in [5.74, 6) is 0.914. The number of piperidine rings is 2. The lowest BCUT2D eigenvalue weighted by atomic mass is 9.73. The molecule has 3 aromatic rings. The van der Waals surface area contributed by atoms with Gasteiger partial charge in [0.05, 0.1) is 6.54 Å². The molecule has 4 nitrogen and oxygen atoms in total. The van der Waals surface area contributed by atoms with E-state index in [1.807, 2.05) is 0 Å². The van der Waals surface area contributed by atoms with Gasteiger partial charge in [0.2, 0.25) is 5.91 Å². The van der Waals surface area contributed by atoms with Crippen molar-refractivity contribution in [3.8, 4) is 0 Å². The normalized spacial score (nSPS) is 18.7. The minimum atomic E-state index is 0.118. The van der Waals surface area contributed by atoms with Crippen LogP contribution in [0, 0.1) is 11.3 Å². The van der Waals surface area contributed by atoms with Crippen molar-refractivity contribution in [3.05, 3.63) is 108 Å². The Bertz CT molecular complexity index is 1100. The van der Waals surface area contributed by atoms with Crippen molar-refractivity contribution < 1.29 is 4.79 Å². The van der Waals surface area contributed by atoms with Crippen LogP contribution in [0.4, 0.5) is 0 Å². The SMILES string of the molecule is O=C(CN1CCC(Cc2ccccc2)CC1)NCC1(Cc2ccccc2)CCN(Cc2ccccc2)CC1. The lowest BCUT2D eigenvalue weighted by molar-refractivity contribution is -0.123. The molecule has 2 heterocycles. The third-order valence-corrected chi connectivity index (χ3v) is 8.69. The van der Waals surface area contributed by atoms with Crippen LogP contribution in [0.2, 0.25) is 0 Å². The van der Waals surface area contributed by atoms with Crippen LogP contribution >= 0.6 is 0 Å². The Labute approximate surface area is 229 Å². The van der Waals surface area contributed by atoms with Gasteiger partial charge in [0.15, 0.2) is 0 Å². The van der Waals surface area contributed by atoms with Crippen LogP contribution in [0.1, 0.15) is 42.4 Å². The van der Waals surface area contributed by atoms with E-state index in [2.05, 4.69) is 106 Å². The fourth-order valence-corrected chi connectivity index (χ4v) is 6.31. The Morgan fingerprint density at radius 2 is 1.26 bits per heavy atom. The van der Waals surface area contributed by atoms with Crippen LogP contribution in [-0.4, -0.2) is 55.0 Å². The van der Waals surface area contributed by atoms with E-state index < -0.39 is 0 Å². The van der Waals surface area contributed by atoms with Crippen LogP contribution in [0.15, 0.2) is 91.0 Å². The second-order valence-electron chi connectivity index (χ2n) is 11.6. The molecule has 2 aliphatic heterocycles. The summed E-state index contributed by atoms with van der Waals surface area (Å²) in [6.07, 6.45) is 6.76. The van der Waals surface area contributed by atoms with E-state index in [0.717, 1.165) is 70.9 Å². The lowest BCUT2D eigenvalue weighted by Crippen LogP contribution is -2.49. The van der Waals surface area contributed by atoms with Crippen LogP contribution in [-0.2, 0) is 24.2 Å². The molecule has 5 rings (SSSR count). The highest BCUT2D eigenvalue weighted by Gasteiger charge is 2.35. The molecule has 2 fully saturated rings. The standard InChI is InChI=1S/C34H43N3O/c38-33(27-36-20-16-30(17-21-36)24-29-10-4-1-5-11-29)35-28-34(25-31-12-6-2-7-13-31)18-22-37(23-19-34)26-32-14-8-3-9-15-32/h1-15,30H,16-28H2,(H,35,38). The minimum absolute atomic E-state index is 0.118. The van der Waals surface area contributed by atoms with Crippen molar-refractivity contribution in [2.24, 2.45) is 11.3 Å². The molecule has 2 aliphatic rings. The first-order valence-corrected chi connectivity index (χ1v) is 14.5.